The van der Waals surface area contributed by atoms with E-state index in [9.17, 15) is 9.59 Å². The van der Waals surface area contributed by atoms with Gasteiger partial charge in [-0.05, 0) is 26.0 Å². The van der Waals surface area contributed by atoms with E-state index in [4.69, 9.17) is 9.52 Å². The molecule has 1 heterocycles. The van der Waals surface area contributed by atoms with Crippen LogP contribution in [0.3, 0.4) is 0 Å². The lowest BCUT2D eigenvalue weighted by Gasteiger charge is -2.26. The molecule has 19 heavy (non-hydrogen) atoms. The standard InChI is InChI=1S/C13H16N2O4/c1-13(2,7-16)15-10-9(11(17)12(10)18)14-6-8-4-3-5-19-8/h3-5,14-16H,6-7H2,1-2H3. The predicted molar refractivity (Wildman–Crippen MR) is 72.2 cm³/mol. The molecule has 6 nitrogen and oxygen atoms in total. The molecular weight excluding hydrogens is 248 g/mol. The molecule has 102 valence electrons. The van der Waals surface area contributed by atoms with Crippen LogP contribution in [0.1, 0.15) is 19.6 Å². The topological polar surface area (TPSA) is 91.6 Å². The second-order valence-corrected chi connectivity index (χ2v) is 5.01. The SMILES string of the molecule is CC(C)(CO)Nc1c(NCc2ccco2)c(=O)c1=O. The van der Waals surface area contributed by atoms with Gasteiger partial charge in [0.15, 0.2) is 0 Å². The van der Waals surface area contributed by atoms with Crippen molar-refractivity contribution in [3.8, 4) is 0 Å². The zero-order valence-electron chi connectivity index (χ0n) is 10.8. The van der Waals surface area contributed by atoms with Crippen LogP contribution in [0.2, 0.25) is 0 Å². The zero-order valence-corrected chi connectivity index (χ0v) is 10.8. The summed E-state index contributed by atoms with van der Waals surface area (Å²) in [5.74, 6) is 0.667. The molecule has 2 rings (SSSR count). The van der Waals surface area contributed by atoms with Gasteiger partial charge < -0.3 is 20.2 Å². The van der Waals surface area contributed by atoms with Gasteiger partial charge in [0.2, 0.25) is 0 Å². The molecule has 0 fully saturated rings. The van der Waals surface area contributed by atoms with Crippen molar-refractivity contribution in [2.75, 3.05) is 17.2 Å². The monoisotopic (exact) mass is 264 g/mol. The molecule has 0 spiro atoms. The summed E-state index contributed by atoms with van der Waals surface area (Å²) in [4.78, 5) is 23.0. The first-order valence-corrected chi connectivity index (χ1v) is 5.93. The molecule has 3 N–H and O–H groups in total. The van der Waals surface area contributed by atoms with E-state index in [1.165, 1.54) is 6.26 Å². The lowest BCUT2D eigenvalue weighted by Crippen LogP contribution is -2.44. The molecule has 2 aromatic rings. The Kier molecular flexibility index (Phi) is 3.44. The van der Waals surface area contributed by atoms with E-state index in [-0.39, 0.29) is 18.0 Å². The molecule has 0 saturated carbocycles. The van der Waals surface area contributed by atoms with Gasteiger partial charge in [0.25, 0.3) is 10.9 Å². The van der Waals surface area contributed by atoms with Crippen molar-refractivity contribution >= 4 is 11.4 Å². The molecule has 0 amide bonds. The Balaban J connectivity index is 2.11. The maximum Gasteiger partial charge on any atom is 0.253 e. The van der Waals surface area contributed by atoms with Crippen LogP contribution in [-0.4, -0.2) is 17.3 Å². The maximum atomic E-state index is 11.5. The molecule has 0 atom stereocenters. The van der Waals surface area contributed by atoms with Gasteiger partial charge in [-0.1, -0.05) is 0 Å². The minimum Gasteiger partial charge on any atom is -0.467 e. The second-order valence-electron chi connectivity index (χ2n) is 5.01. The van der Waals surface area contributed by atoms with E-state index in [1.54, 1.807) is 26.0 Å². The molecule has 0 aliphatic carbocycles. The highest BCUT2D eigenvalue weighted by Crippen LogP contribution is 2.20. The van der Waals surface area contributed by atoms with Gasteiger partial charge in [-0.15, -0.1) is 0 Å². The average Bonchev–Trinajstić information content (AvgIpc) is 2.90. The van der Waals surface area contributed by atoms with Gasteiger partial charge in [0.05, 0.1) is 25.0 Å². The van der Waals surface area contributed by atoms with Crippen molar-refractivity contribution in [1.29, 1.82) is 0 Å². The molecule has 0 aliphatic heterocycles. The summed E-state index contributed by atoms with van der Waals surface area (Å²) in [6.45, 7) is 3.65. The van der Waals surface area contributed by atoms with E-state index < -0.39 is 16.4 Å². The second kappa shape index (κ2) is 4.89. The largest absolute Gasteiger partial charge is 0.467 e. The third-order valence-electron chi connectivity index (χ3n) is 2.79. The summed E-state index contributed by atoms with van der Waals surface area (Å²) in [5.41, 5.74) is -1.33. The average molecular weight is 264 g/mol. The summed E-state index contributed by atoms with van der Waals surface area (Å²) in [5, 5.41) is 14.9. The van der Waals surface area contributed by atoms with Crippen LogP contribution in [0.5, 0.6) is 0 Å². The maximum absolute atomic E-state index is 11.5. The van der Waals surface area contributed by atoms with Gasteiger partial charge in [-0.25, -0.2) is 0 Å². The van der Waals surface area contributed by atoms with Gasteiger partial charge in [0, 0.05) is 0 Å². The Hall–Kier alpha value is -2.08. The number of nitrogens with one attached hydrogen (secondary N) is 2. The number of furan rings is 1. The van der Waals surface area contributed by atoms with Crippen LogP contribution >= 0.6 is 0 Å². The van der Waals surface area contributed by atoms with Crippen LogP contribution in [0.15, 0.2) is 32.4 Å². The normalized spacial score (nSPS) is 11.7. The van der Waals surface area contributed by atoms with Crippen LogP contribution in [0, 0.1) is 0 Å². The van der Waals surface area contributed by atoms with E-state index in [0.29, 0.717) is 12.3 Å². The number of hydrogen-bond acceptors (Lipinski definition) is 6. The Bertz CT molecular complexity index is 621. The van der Waals surface area contributed by atoms with Gasteiger partial charge >= 0.3 is 0 Å². The van der Waals surface area contributed by atoms with Crippen molar-refractivity contribution in [2.24, 2.45) is 0 Å². The molecule has 0 radical (unpaired) electrons. The number of anilines is 2. The summed E-state index contributed by atoms with van der Waals surface area (Å²) >= 11 is 0. The highest BCUT2D eigenvalue weighted by Gasteiger charge is 2.26. The van der Waals surface area contributed by atoms with Crippen molar-refractivity contribution in [3.63, 3.8) is 0 Å². The van der Waals surface area contributed by atoms with Gasteiger partial charge in [-0.3, -0.25) is 9.59 Å². The van der Waals surface area contributed by atoms with E-state index >= 15 is 0 Å². The fraction of sp³-hybridized carbons (Fsp3) is 0.385. The fourth-order valence-corrected chi connectivity index (χ4v) is 1.65. The molecule has 1 aromatic carbocycles. The van der Waals surface area contributed by atoms with Crippen LogP contribution < -0.4 is 21.5 Å². The molecule has 0 saturated heterocycles. The summed E-state index contributed by atoms with van der Waals surface area (Å²) in [7, 11) is 0. The van der Waals surface area contributed by atoms with Crippen LogP contribution in [0.4, 0.5) is 11.4 Å². The summed E-state index contributed by atoms with van der Waals surface area (Å²) < 4.78 is 5.13. The number of hydrogen-bond donors (Lipinski definition) is 3. The predicted octanol–water partition coefficient (Wildman–Crippen LogP) is 0.670. The molecule has 0 bridgehead atoms. The summed E-state index contributed by atoms with van der Waals surface area (Å²) in [6, 6.07) is 3.51. The van der Waals surface area contributed by atoms with E-state index in [0.717, 1.165) is 0 Å². The van der Waals surface area contributed by atoms with E-state index in [2.05, 4.69) is 10.6 Å². The number of rotatable bonds is 6. The Morgan fingerprint density at radius 3 is 2.53 bits per heavy atom. The Labute approximate surface area is 109 Å². The first-order chi connectivity index (χ1) is 8.94. The molecular formula is C13H16N2O4. The van der Waals surface area contributed by atoms with Crippen LogP contribution in [0.25, 0.3) is 0 Å². The first-order valence-electron chi connectivity index (χ1n) is 5.93. The highest BCUT2D eigenvalue weighted by molar-refractivity contribution is 5.74. The first kappa shape index (κ1) is 13.4. The third kappa shape index (κ3) is 2.68. The minimum atomic E-state index is -0.663. The van der Waals surface area contributed by atoms with E-state index in [1.807, 2.05) is 0 Å². The molecule has 1 aromatic heterocycles. The van der Waals surface area contributed by atoms with Crippen molar-refractivity contribution in [3.05, 3.63) is 44.6 Å². The van der Waals surface area contributed by atoms with Crippen molar-refractivity contribution in [2.45, 2.75) is 25.9 Å². The Morgan fingerprint density at radius 1 is 1.26 bits per heavy atom. The van der Waals surface area contributed by atoms with Gasteiger partial charge in [-0.2, -0.15) is 0 Å². The highest BCUT2D eigenvalue weighted by atomic mass is 16.3. The fourth-order valence-electron chi connectivity index (χ4n) is 1.65. The van der Waals surface area contributed by atoms with Crippen LogP contribution in [-0.2, 0) is 6.54 Å². The number of aliphatic hydroxyl groups is 1. The minimum absolute atomic E-state index is 0.149. The quantitative estimate of drug-likeness (QED) is 0.664. The lowest BCUT2D eigenvalue weighted by molar-refractivity contribution is 0.234. The van der Waals surface area contributed by atoms with Crippen molar-refractivity contribution < 1.29 is 9.52 Å². The molecule has 6 heteroatoms. The Morgan fingerprint density at radius 2 is 1.95 bits per heavy atom. The van der Waals surface area contributed by atoms with Gasteiger partial charge in [0.1, 0.15) is 17.1 Å². The van der Waals surface area contributed by atoms with Crippen molar-refractivity contribution in [1.82, 2.24) is 0 Å². The zero-order chi connectivity index (χ0) is 14.0. The number of aliphatic hydroxyl groups excluding tert-OH is 1. The smallest absolute Gasteiger partial charge is 0.253 e. The molecule has 0 aliphatic rings. The molecule has 0 unspecified atom stereocenters. The lowest BCUT2D eigenvalue weighted by atomic mass is 10.0. The summed E-state index contributed by atoms with van der Waals surface area (Å²) in [6.07, 6.45) is 1.53. The third-order valence-corrected chi connectivity index (χ3v) is 2.79.